The van der Waals surface area contributed by atoms with E-state index in [9.17, 15) is 10.2 Å². The predicted molar refractivity (Wildman–Crippen MR) is 82.9 cm³/mol. The monoisotopic (exact) mass is 293 g/mol. The summed E-state index contributed by atoms with van der Waals surface area (Å²) in [6.07, 6.45) is 11.4. The van der Waals surface area contributed by atoms with Crippen molar-refractivity contribution in [3.8, 4) is 0 Å². The zero-order valence-electron chi connectivity index (χ0n) is 13.2. The van der Waals surface area contributed by atoms with Gasteiger partial charge in [0, 0.05) is 0 Å². The Morgan fingerprint density at radius 2 is 1.43 bits per heavy atom. The number of rotatable bonds is 4. The third-order valence-corrected chi connectivity index (χ3v) is 7.12. The van der Waals surface area contributed by atoms with E-state index in [1.807, 2.05) is 0 Å². The molecule has 0 unspecified atom stereocenters. The van der Waals surface area contributed by atoms with Crippen LogP contribution in [-0.2, 0) is 0 Å². The molecule has 1 saturated heterocycles. The fraction of sp³-hybridized carbons (Fsp3) is 1.00. The van der Waals surface area contributed by atoms with Gasteiger partial charge in [0.2, 0.25) is 0 Å². The molecule has 1 aliphatic heterocycles. The van der Waals surface area contributed by atoms with Crippen molar-refractivity contribution in [3.63, 3.8) is 0 Å². The Hall–Kier alpha value is -0.120. The Morgan fingerprint density at radius 1 is 0.905 bits per heavy atom. The van der Waals surface area contributed by atoms with Gasteiger partial charge in [0.25, 0.3) is 0 Å². The van der Waals surface area contributed by atoms with Gasteiger partial charge in [-0.05, 0) is 87.6 Å². The fourth-order valence-electron chi connectivity index (χ4n) is 6.61. The molecule has 0 aromatic heterocycles. The Labute approximate surface area is 128 Å². The van der Waals surface area contributed by atoms with Crippen molar-refractivity contribution in [2.45, 2.75) is 69.9 Å². The molecule has 4 aliphatic carbocycles. The summed E-state index contributed by atoms with van der Waals surface area (Å²) in [7, 11) is 0. The standard InChI is InChI=1S/C18H31NO2/c20-12-16(19-4-2-1-3-5-19)17(21)18-9-13-6-14(10-18)8-15(7-13)11-18/h13-17,20-21H,1-12H2/t13?,14?,15?,16-,17-,18?/m1/s1. The summed E-state index contributed by atoms with van der Waals surface area (Å²) < 4.78 is 0. The third kappa shape index (κ3) is 2.46. The summed E-state index contributed by atoms with van der Waals surface area (Å²) in [4.78, 5) is 2.38. The molecule has 0 radical (unpaired) electrons. The summed E-state index contributed by atoms with van der Waals surface area (Å²) in [5.41, 5.74) is 0.138. The lowest BCUT2D eigenvalue weighted by molar-refractivity contribution is -0.150. The maximum absolute atomic E-state index is 11.2. The fourth-order valence-corrected chi connectivity index (χ4v) is 6.61. The number of aliphatic hydroxyl groups is 2. The Morgan fingerprint density at radius 3 is 1.90 bits per heavy atom. The minimum atomic E-state index is -0.311. The molecular weight excluding hydrogens is 262 g/mol. The van der Waals surface area contributed by atoms with E-state index in [2.05, 4.69) is 4.90 Å². The Balaban J connectivity index is 1.53. The molecule has 3 heteroatoms. The molecule has 3 nitrogen and oxygen atoms in total. The van der Waals surface area contributed by atoms with Crippen molar-refractivity contribution < 1.29 is 10.2 Å². The average molecular weight is 293 g/mol. The molecule has 2 atom stereocenters. The first-order chi connectivity index (χ1) is 10.2. The summed E-state index contributed by atoms with van der Waals surface area (Å²) >= 11 is 0. The average Bonchev–Trinajstić information content (AvgIpc) is 2.47. The summed E-state index contributed by atoms with van der Waals surface area (Å²) in [5, 5.41) is 21.2. The molecule has 0 spiro atoms. The number of piperidine rings is 1. The molecule has 0 aromatic rings. The van der Waals surface area contributed by atoms with Crippen molar-refractivity contribution in [2.75, 3.05) is 19.7 Å². The van der Waals surface area contributed by atoms with Crippen molar-refractivity contribution in [1.82, 2.24) is 4.90 Å². The van der Waals surface area contributed by atoms with E-state index in [1.54, 1.807) is 0 Å². The number of hydrogen-bond acceptors (Lipinski definition) is 3. The second-order valence-corrected chi connectivity index (χ2v) is 8.57. The molecule has 120 valence electrons. The molecular formula is C18H31NO2. The van der Waals surface area contributed by atoms with E-state index in [4.69, 9.17) is 0 Å². The SMILES string of the molecule is OC[C@H]([C@@H](O)C12CC3CC(CC(C3)C1)C2)N1CCCCC1. The second kappa shape index (κ2) is 5.50. The number of aliphatic hydroxyl groups excluding tert-OH is 2. The van der Waals surface area contributed by atoms with Crippen LogP contribution in [0.5, 0.6) is 0 Å². The molecule has 2 N–H and O–H groups in total. The predicted octanol–water partition coefficient (Wildman–Crippen LogP) is 2.41. The highest BCUT2D eigenvalue weighted by Crippen LogP contribution is 2.61. The van der Waals surface area contributed by atoms with E-state index in [-0.39, 0.29) is 24.2 Å². The van der Waals surface area contributed by atoms with Crippen LogP contribution in [0.4, 0.5) is 0 Å². The van der Waals surface area contributed by atoms with Crippen molar-refractivity contribution in [3.05, 3.63) is 0 Å². The summed E-state index contributed by atoms with van der Waals surface area (Å²) in [6.45, 7) is 2.26. The summed E-state index contributed by atoms with van der Waals surface area (Å²) in [6, 6.07) is -0.0125. The first-order valence-corrected chi connectivity index (χ1v) is 9.23. The molecule has 0 amide bonds. The highest BCUT2D eigenvalue weighted by atomic mass is 16.3. The van der Waals surface area contributed by atoms with Gasteiger partial charge in [-0.3, -0.25) is 4.90 Å². The van der Waals surface area contributed by atoms with Crippen molar-refractivity contribution >= 4 is 0 Å². The smallest absolute Gasteiger partial charge is 0.0774 e. The molecule has 5 fully saturated rings. The van der Waals surface area contributed by atoms with Gasteiger partial charge in [-0.25, -0.2) is 0 Å². The third-order valence-electron chi connectivity index (χ3n) is 7.12. The van der Waals surface area contributed by atoms with Gasteiger partial charge in [-0.1, -0.05) is 6.42 Å². The minimum absolute atomic E-state index is 0.0125. The van der Waals surface area contributed by atoms with Crippen LogP contribution in [0.3, 0.4) is 0 Å². The Kier molecular flexibility index (Phi) is 3.79. The van der Waals surface area contributed by atoms with Crippen LogP contribution in [0.2, 0.25) is 0 Å². The molecule has 4 bridgehead atoms. The Bertz CT molecular complexity index is 342. The topological polar surface area (TPSA) is 43.7 Å². The van der Waals surface area contributed by atoms with Crippen LogP contribution in [-0.4, -0.2) is 47.0 Å². The van der Waals surface area contributed by atoms with Crippen LogP contribution >= 0.6 is 0 Å². The molecule has 4 saturated carbocycles. The molecule has 21 heavy (non-hydrogen) atoms. The normalized spacial score (nSPS) is 45.7. The lowest BCUT2D eigenvalue weighted by Gasteiger charge is -2.60. The summed E-state index contributed by atoms with van der Waals surface area (Å²) in [5.74, 6) is 2.60. The first kappa shape index (κ1) is 14.5. The largest absolute Gasteiger partial charge is 0.395 e. The second-order valence-electron chi connectivity index (χ2n) is 8.57. The van der Waals surface area contributed by atoms with Gasteiger partial charge in [0.05, 0.1) is 18.8 Å². The number of likely N-dealkylation sites (tertiary alicyclic amines) is 1. The van der Waals surface area contributed by atoms with Gasteiger partial charge < -0.3 is 10.2 Å². The van der Waals surface area contributed by atoms with Gasteiger partial charge in [0.15, 0.2) is 0 Å². The first-order valence-electron chi connectivity index (χ1n) is 9.23. The van der Waals surface area contributed by atoms with Crippen LogP contribution in [0.15, 0.2) is 0 Å². The maximum atomic E-state index is 11.2. The van der Waals surface area contributed by atoms with Crippen molar-refractivity contribution in [2.24, 2.45) is 23.2 Å². The van der Waals surface area contributed by atoms with Crippen LogP contribution in [0.25, 0.3) is 0 Å². The number of hydrogen-bond donors (Lipinski definition) is 2. The van der Waals surface area contributed by atoms with E-state index in [1.165, 1.54) is 57.8 Å². The lowest BCUT2D eigenvalue weighted by Crippen LogP contribution is -2.59. The molecule has 5 aliphatic rings. The van der Waals surface area contributed by atoms with E-state index < -0.39 is 0 Å². The molecule has 1 heterocycles. The molecule has 5 rings (SSSR count). The van der Waals surface area contributed by atoms with Gasteiger partial charge >= 0.3 is 0 Å². The highest BCUT2D eigenvalue weighted by molar-refractivity contribution is 5.06. The lowest BCUT2D eigenvalue weighted by atomic mass is 9.47. The van der Waals surface area contributed by atoms with Gasteiger partial charge in [-0.15, -0.1) is 0 Å². The van der Waals surface area contributed by atoms with Crippen LogP contribution < -0.4 is 0 Å². The zero-order chi connectivity index (χ0) is 14.4. The van der Waals surface area contributed by atoms with Gasteiger partial charge in [-0.2, -0.15) is 0 Å². The highest BCUT2D eigenvalue weighted by Gasteiger charge is 2.55. The van der Waals surface area contributed by atoms with E-state index in [0.717, 1.165) is 30.8 Å². The van der Waals surface area contributed by atoms with Crippen LogP contribution in [0.1, 0.15) is 57.8 Å². The van der Waals surface area contributed by atoms with E-state index >= 15 is 0 Å². The van der Waals surface area contributed by atoms with Crippen molar-refractivity contribution in [1.29, 1.82) is 0 Å². The van der Waals surface area contributed by atoms with E-state index in [0.29, 0.717) is 0 Å². The van der Waals surface area contributed by atoms with Gasteiger partial charge in [0.1, 0.15) is 0 Å². The minimum Gasteiger partial charge on any atom is -0.395 e. The zero-order valence-corrected chi connectivity index (χ0v) is 13.2. The number of nitrogens with zero attached hydrogens (tertiary/aromatic N) is 1. The quantitative estimate of drug-likeness (QED) is 0.836. The maximum Gasteiger partial charge on any atom is 0.0774 e. The molecule has 0 aromatic carbocycles. The van der Waals surface area contributed by atoms with Crippen LogP contribution in [0, 0.1) is 23.2 Å².